The Labute approximate surface area is 153 Å². The van der Waals surface area contributed by atoms with Crippen LogP contribution in [0.4, 0.5) is 5.13 Å². The molecule has 1 saturated heterocycles. The van der Waals surface area contributed by atoms with Gasteiger partial charge in [-0.25, -0.2) is 4.98 Å². The number of rotatable bonds is 3. The molecular weight excluding hydrogens is 362 g/mol. The molecule has 0 saturated carbocycles. The summed E-state index contributed by atoms with van der Waals surface area (Å²) >= 11 is 9.51. The second-order valence-electron chi connectivity index (χ2n) is 5.71. The standard InChI is InChI=1S/C17H16ClN3OS2/c18-13-4-1-5-14-16(13)19-17(24-14)21-8-6-20(7-9-21)15(22)11-12-3-2-10-23-12/h1-5,10H,6-9,11H2. The van der Waals surface area contributed by atoms with Crippen LogP contribution in [0.5, 0.6) is 0 Å². The van der Waals surface area contributed by atoms with Gasteiger partial charge in [-0.2, -0.15) is 0 Å². The maximum Gasteiger partial charge on any atom is 0.227 e. The van der Waals surface area contributed by atoms with Gasteiger partial charge < -0.3 is 9.80 Å². The van der Waals surface area contributed by atoms with Crippen LogP contribution in [-0.2, 0) is 11.2 Å². The lowest BCUT2D eigenvalue weighted by Crippen LogP contribution is -2.49. The number of piperazine rings is 1. The van der Waals surface area contributed by atoms with Crippen LogP contribution in [0.2, 0.25) is 5.02 Å². The molecule has 4 nitrogen and oxygen atoms in total. The first-order chi connectivity index (χ1) is 11.7. The molecule has 1 aliphatic rings. The smallest absolute Gasteiger partial charge is 0.227 e. The number of carbonyl (C=O) groups is 1. The third-order valence-corrected chi connectivity index (χ3v) is 6.43. The number of thiophene rings is 1. The Morgan fingerprint density at radius 2 is 2.00 bits per heavy atom. The second-order valence-corrected chi connectivity index (χ2v) is 8.16. The number of benzene rings is 1. The number of carbonyl (C=O) groups excluding carboxylic acids is 1. The molecule has 0 radical (unpaired) electrons. The van der Waals surface area contributed by atoms with Crippen molar-refractivity contribution in [2.24, 2.45) is 0 Å². The Hall–Kier alpha value is -1.63. The molecule has 24 heavy (non-hydrogen) atoms. The van der Waals surface area contributed by atoms with E-state index in [9.17, 15) is 4.79 Å². The van der Waals surface area contributed by atoms with Crippen molar-refractivity contribution in [2.75, 3.05) is 31.1 Å². The summed E-state index contributed by atoms with van der Waals surface area (Å²) in [5.74, 6) is 0.212. The van der Waals surface area contributed by atoms with Crippen molar-refractivity contribution in [1.82, 2.24) is 9.88 Å². The van der Waals surface area contributed by atoms with Gasteiger partial charge >= 0.3 is 0 Å². The molecule has 3 aromatic rings. The molecule has 1 fully saturated rings. The van der Waals surface area contributed by atoms with E-state index in [0.29, 0.717) is 11.4 Å². The summed E-state index contributed by atoms with van der Waals surface area (Å²) < 4.78 is 1.11. The van der Waals surface area contributed by atoms with Crippen LogP contribution >= 0.6 is 34.3 Å². The number of hydrogen-bond acceptors (Lipinski definition) is 5. The third kappa shape index (κ3) is 3.14. The summed E-state index contributed by atoms with van der Waals surface area (Å²) in [6.07, 6.45) is 0.508. The zero-order valence-corrected chi connectivity index (χ0v) is 15.3. The van der Waals surface area contributed by atoms with Crippen molar-refractivity contribution in [1.29, 1.82) is 0 Å². The van der Waals surface area contributed by atoms with E-state index < -0.39 is 0 Å². The topological polar surface area (TPSA) is 36.4 Å². The van der Waals surface area contributed by atoms with Gasteiger partial charge in [0.2, 0.25) is 5.91 Å². The Kier molecular flexibility index (Phi) is 4.43. The second kappa shape index (κ2) is 6.70. The fourth-order valence-corrected chi connectivity index (χ4v) is 4.87. The minimum Gasteiger partial charge on any atom is -0.345 e. The van der Waals surface area contributed by atoms with Crippen molar-refractivity contribution >= 4 is 55.5 Å². The molecule has 1 aliphatic heterocycles. The maximum atomic E-state index is 12.4. The number of halogens is 1. The minimum atomic E-state index is 0.212. The molecule has 0 bridgehead atoms. The monoisotopic (exact) mass is 377 g/mol. The molecule has 0 aliphatic carbocycles. The van der Waals surface area contributed by atoms with E-state index in [1.54, 1.807) is 22.7 Å². The molecule has 4 rings (SSSR count). The van der Waals surface area contributed by atoms with Gasteiger partial charge in [0.1, 0.15) is 5.52 Å². The van der Waals surface area contributed by atoms with Gasteiger partial charge in [0.05, 0.1) is 16.1 Å². The molecule has 1 aromatic carbocycles. The van der Waals surface area contributed by atoms with Gasteiger partial charge in [-0.05, 0) is 23.6 Å². The van der Waals surface area contributed by atoms with Crippen molar-refractivity contribution in [3.8, 4) is 0 Å². The normalized spacial score (nSPS) is 15.2. The van der Waals surface area contributed by atoms with E-state index in [0.717, 1.165) is 46.4 Å². The third-order valence-electron chi connectivity index (χ3n) is 4.17. The van der Waals surface area contributed by atoms with Crippen molar-refractivity contribution in [3.05, 3.63) is 45.6 Å². The van der Waals surface area contributed by atoms with Gasteiger partial charge in [-0.15, -0.1) is 11.3 Å². The predicted octanol–water partition coefficient (Wildman–Crippen LogP) is 3.90. The van der Waals surface area contributed by atoms with E-state index in [1.165, 1.54) is 0 Å². The van der Waals surface area contributed by atoms with Crippen molar-refractivity contribution < 1.29 is 4.79 Å². The largest absolute Gasteiger partial charge is 0.345 e. The van der Waals surface area contributed by atoms with Crippen LogP contribution in [0.1, 0.15) is 4.88 Å². The zero-order valence-electron chi connectivity index (χ0n) is 12.9. The number of para-hydroxylation sites is 1. The molecule has 124 valence electrons. The first-order valence-electron chi connectivity index (χ1n) is 7.81. The van der Waals surface area contributed by atoms with E-state index in [-0.39, 0.29) is 5.91 Å². The van der Waals surface area contributed by atoms with Crippen LogP contribution in [0, 0.1) is 0 Å². The lowest BCUT2D eigenvalue weighted by atomic mass is 10.2. The number of aromatic nitrogens is 1. The molecular formula is C17H16ClN3OS2. The van der Waals surface area contributed by atoms with Gasteiger partial charge in [0, 0.05) is 31.1 Å². The van der Waals surface area contributed by atoms with Crippen LogP contribution in [0.15, 0.2) is 35.7 Å². The Balaban J connectivity index is 1.41. The Morgan fingerprint density at radius 3 is 2.71 bits per heavy atom. The molecule has 3 heterocycles. The minimum absolute atomic E-state index is 0.212. The highest BCUT2D eigenvalue weighted by Gasteiger charge is 2.23. The molecule has 0 spiro atoms. The maximum absolute atomic E-state index is 12.4. The summed E-state index contributed by atoms with van der Waals surface area (Å²) in [4.78, 5) is 22.4. The summed E-state index contributed by atoms with van der Waals surface area (Å²) in [6.45, 7) is 3.11. The predicted molar refractivity (Wildman–Crippen MR) is 101 cm³/mol. The van der Waals surface area contributed by atoms with E-state index in [1.807, 2.05) is 40.6 Å². The Morgan fingerprint density at radius 1 is 1.17 bits per heavy atom. The van der Waals surface area contributed by atoms with Gasteiger partial charge in [0.15, 0.2) is 5.13 Å². The summed E-state index contributed by atoms with van der Waals surface area (Å²) in [5, 5.41) is 3.70. The highest BCUT2D eigenvalue weighted by Crippen LogP contribution is 2.33. The molecule has 2 aromatic heterocycles. The number of thiazole rings is 1. The molecule has 7 heteroatoms. The highest BCUT2D eigenvalue weighted by atomic mass is 35.5. The summed E-state index contributed by atoms with van der Waals surface area (Å²) in [7, 11) is 0. The Bertz CT molecular complexity index is 854. The van der Waals surface area contributed by atoms with Gasteiger partial charge in [-0.3, -0.25) is 4.79 Å². The zero-order chi connectivity index (χ0) is 16.5. The average molecular weight is 378 g/mol. The first kappa shape index (κ1) is 15.9. The van der Waals surface area contributed by atoms with Crippen molar-refractivity contribution in [3.63, 3.8) is 0 Å². The van der Waals surface area contributed by atoms with Gasteiger partial charge in [0.25, 0.3) is 0 Å². The number of amides is 1. The molecule has 1 amide bonds. The quantitative estimate of drug-likeness (QED) is 0.694. The number of anilines is 1. The van der Waals surface area contributed by atoms with Crippen LogP contribution in [0.25, 0.3) is 10.2 Å². The fourth-order valence-electron chi connectivity index (χ4n) is 2.86. The summed E-state index contributed by atoms with van der Waals surface area (Å²) in [6, 6.07) is 9.87. The number of hydrogen-bond donors (Lipinski definition) is 0. The SMILES string of the molecule is O=C(Cc1cccs1)N1CCN(c2nc3c(Cl)cccc3s2)CC1. The lowest BCUT2D eigenvalue weighted by Gasteiger charge is -2.34. The lowest BCUT2D eigenvalue weighted by molar-refractivity contribution is -0.130. The van der Waals surface area contributed by atoms with Crippen LogP contribution < -0.4 is 4.90 Å². The van der Waals surface area contributed by atoms with E-state index >= 15 is 0 Å². The van der Waals surface area contributed by atoms with Gasteiger partial charge in [-0.1, -0.05) is 35.1 Å². The van der Waals surface area contributed by atoms with Crippen LogP contribution in [0.3, 0.4) is 0 Å². The number of nitrogens with zero attached hydrogens (tertiary/aromatic N) is 3. The first-order valence-corrected chi connectivity index (χ1v) is 9.88. The number of fused-ring (bicyclic) bond motifs is 1. The van der Waals surface area contributed by atoms with E-state index in [2.05, 4.69) is 9.88 Å². The molecule has 0 atom stereocenters. The van der Waals surface area contributed by atoms with E-state index in [4.69, 9.17) is 11.6 Å². The summed E-state index contributed by atoms with van der Waals surface area (Å²) in [5.41, 5.74) is 0.871. The van der Waals surface area contributed by atoms with Crippen molar-refractivity contribution in [2.45, 2.75) is 6.42 Å². The van der Waals surface area contributed by atoms with Crippen LogP contribution in [-0.4, -0.2) is 42.0 Å². The molecule has 0 N–H and O–H groups in total. The molecule has 0 unspecified atom stereocenters. The average Bonchev–Trinajstić information content (AvgIpc) is 3.25. The highest BCUT2D eigenvalue weighted by molar-refractivity contribution is 7.22. The fraction of sp³-hybridized carbons (Fsp3) is 0.294.